The van der Waals surface area contributed by atoms with Gasteiger partial charge in [0, 0.05) is 41.3 Å². The Balaban J connectivity index is 1.79. The maximum absolute atomic E-state index is 4.50. The van der Waals surface area contributed by atoms with E-state index in [4.69, 9.17) is 0 Å². The topological polar surface area (TPSA) is 65.6 Å². The second kappa shape index (κ2) is 5.46. The Morgan fingerprint density at radius 2 is 2.33 bits per heavy atom. The Bertz CT molecular complexity index is 728. The molecule has 3 aromatic rings. The molecule has 3 N–H and O–H groups in total. The van der Waals surface area contributed by atoms with Crippen LogP contribution >= 0.6 is 11.3 Å². The molecule has 1 aliphatic heterocycles. The molecule has 0 radical (unpaired) electrons. The highest BCUT2D eigenvalue weighted by molar-refractivity contribution is 7.07. The number of fused-ring (bicyclic) bond motifs is 1. The average molecular weight is 299 g/mol. The third kappa shape index (κ3) is 2.41. The van der Waals surface area contributed by atoms with Crippen LogP contribution in [-0.2, 0) is 0 Å². The van der Waals surface area contributed by atoms with Gasteiger partial charge in [-0.1, -0.05) is 0 Å². The first kappa shape index (κ1) is 12.8. The zero-order chi connectivity index (χ0) is 14.1. The minimum Gasteiger partial charge on any atom is -0.380 e. The number of anilines is 1. The van der Waals surface area contributed by atoms with E-state index < -0.39 is 0 Å². The maximum atomic E-state index is 4.50. The van der Waals surface area contributed by atoms with Crippen molar-refractivity contribution in [3.8, 4) is 11.3 Å². The summed E-state index contributed by atoms with van der Waals surface area (Å²) in [7, 11) is 0. The summed E-state index contributed by atoms with van der Waals surface area (Å²) >= 11 is 1.61. The van der Waals surface area contributed by atoms with Crippen LogP contribution in [0, 0.1) is 0 Å². The Morgan fingerprint density at radius 1 is 1.33 bits per heavy atom. The lowest BCUT2D eigenvalue weighted by molar-refractivity contribution is 0.480. The largest absolute Gasteiger partial charge is 0.380 e. The van der Waals surface area contributed by atoms with E-state index in [2.05, 4.69) is 37.0 Å². The van der Waals surface area contributed by atoms with Crippen molar-refractivity contribution < 1.29 is 0 Å². The van der Waals surface area contributed by atoms with Gasteiger partial charge in [0.25, 0.3) is 0 Å². The lowest BCUT2D eigenvalue weighted by Gasteiger charge is -2.26. The smallest absolute Gasteiger partial charge is 0.139 e. The van der Waals surface area contributed by atoms with E-state index in [1.54, 1.807) is 11.3 Å². The molecule has 108 valence electrons. The lowest BCUT2D eigenvalue weighted by atomic mass is 10.0. The molecule has 1 fully saturated rings. The SMILES string of the molecule is c1cc2c(NC3CCCNC3)c(-c3cscn3)cnc2[nH]1. The molecule has 1 atom stereocenters. The van der Waals surface area contributed by atoms with Crippen molar-refractivity contribution in [2.75, 3.05) is 18.4 Å². The Morgan fingerprint density at radius 3 is 3.14 bits per heavy atom. The number of H-pyrrole nitrogens is 1. The van der Waals surface area contributed by atoms with Crippen LogP contribution in [0.1, 0.15) is 12.8 Å². The lowest BCUT2D eigenvalue weighted by Crippen LogP contribution is -2.38. The van der Waals surface area contributed by atoms with Gasteiger partial charge in [-0.3, -0.25) is 0 Å². The van der Waals surface area contributed by atoms with E-state index in [0.717, 1.165) is 41.1 Å². The van der Waals surface area contributed by atoms with Gasteiger partial charge in [0.15, 0.2) is 0 Å². The van der Waals surface area contributed by atoms with Crippen LogP contribution < -0.4 is 10.6 Å². The molecule has 0 saturated carbocycles. The number of aromatic amines is 1. The Hall–Kier alpha value is -1.92. The van der Waals surface area contributed by atoms with Crippen LogP contribution in [0.25, 0.3) is 22.3 Å². The van der Waals surface area contributed by atoms with Gasteiger partial charge in [0.05, 0.1) is 16.9 Å². The van der Waals surface area contributed by atoms with E-state index in [0.29, 0.717) is 6.04 Å². The van der Waals surface area contributed by atoms with Crippen molar-refractivity contribution in [1.82, 2.24) is 20.3 Å². The van der Waals surface area contributed by atoms with E-state index in [9.17, 15) is 0 Å². The highest BCUT2D eigenvalue weighted by Crippen LogP contribution is 2.34. The Kier molecular flexibility index (Phi) is 3.33. The van der Waals surface area contributed by atoms with Crippen LogP contribution in [0.5, 0.6) is 0 Å². The highest BCUT2D eigenvalue weighted by Gasteiger charge is 2.18. The van der Waals surface area contributed by atoms with Crippen molar-refractivity contribution in [2.24, 2.45) is 0 Å². The molecule has 4 heterocycles. The van der Waals surface area contributed by atoms with E-state index in [-0.39, 0.29) is 0 Å². The second-order valence-electron chi connectivity index (χ2n) is 5.35. The zero-order valence-corrected chi connectivity index (χ0v) is 12.4. The van der Waals surface area contributed by atoms with Crippen molar-refractivity contribution in [3.05, 3.63) is 29.4 Å². The summed E-state index contributed by atoms with van der Waals surface area (Å²) in [6.07, 6.45) is 6.25. The van der Waals surface area contributed by atoms with Crippen LogP contribution in [0.4, 0.5) is 5.69 Å². The molecule has 0 aliphatic carbocycles. The number of thiazole rings is 1. The molecular weight excluding hydrogens is 282 g/mol. The molecule has 1 unspecified atom stereocenters. The monoisotopic (exact) mass is 299 g/mol. The summed E-state index contributed by atoms with van der Waals surface area (Å²) < 4.78 is 0. The minimum absolute atomic E-state index is 0.455. The fourth-order valence-corrected chi connectivity index (χ4v) is 3.43. The summed E-state index contributed by atoms with van der Waals surface area (Å²) in [6.45, 7) is 2.12. The first-order valence-electron chi connectivity index (χ1n) is 7.24. The fourth-order valence-electron chi connectivity index (χ4n) is 2.88. The number of pyridine rings is 1. The van der Waals surface area contributed by atoms with Gasteiger partial charge in [-0.2, -0.15) is 0 Å². The predicted octanol–water partition coefficient (Wildman–Crippen LogP) is 2.85. The second-order valence-corrected chi connectivity index (χ2v) is 6.07. The molecule has 21 heavy (non-hydrogen) atoms. The van der Waals surface area contributed by atoms with Crippen LogP contribution in [0.3, 0.4) is 0 Å². The van der Waals surface area contributed by atoms with Crippen molar-refractivity contribution >= 4 is 28.1 Å². The zero-order valence-electron chi connectivity index (χ0n) is 11.6. The number of hydrogen-bond acceptors (Lipinski definition) is 5. The van der Waals surface area contributed by atoms with Crippen LogP contribution in [-0.4, -0.2) is 34.1 Å². The van der Waals surface area contributed by atoms with Gasteiger partial charge >= 0.3 is 0 Å². The third-order valence-corrected chi connectivity index (χ3v) is 4.53. The summed E-state index contributed by atoms with van der Waals surface area (Å²) in [5, 5.41) is 10.4. The summed E-state index contributed by atoms with van der Waals surface area (Å²) in [4.78, 5) is 12.1. The number of nitrogens with zero attached hydrogens (tertiary/aromatic N) is 2. The average Bonchev–Trinajstić information content (AvgIpc) is 3.20. The molecule has 5 nitrogen and oxygen atoms in total. The van der Waals surface area contributed by atoms with E-state index in [1.807, 2.05) is 17.9 Å². The first-order chi connectivity index (χ1) is 10.4. The normalized spacial score (nSPS) is 19.0. The summed E-state index contributed by atoms with van der Waals surface area (Å²) in [6, 6.07) is 2.54. The van der Waals surface area contributed by atoms with Crippen molar-refractivity contribution in [3.63, 3.8) is 0 Å². The predicted molar refractivity (Wildman–Crippen MR) is 86.7 cm³/mol. The van der Waals surface area contributed by atoms with E-state index >= 15 is 0 Å². The quantitative estimate of drug-likeness (QED) is 0.696. The van der Waals surface area contributed by atoms with Gasteiger partial charge in [-0.05, 0) is 25.5 Å². The van der Waals surface area contributed by atoms with Crippen molar-refractivity contribution in [1.29, 1.82) is 0 Å². The molecule has 1 aliphatic rings. The number of rotatable bonds is 3. The van der Waals surface area contributed by atoms with Gasteiger partial charge in [-0.25, -0.2) is 9.97 Å². The maximum Gasteiger partial charge on any atom is 0.139 e. The molecule has 0 amide bonds. The molecule has 3 aromatic heterocycles. The molecule has 0 spiro atoms. The standard InChI is InChI=1S/C15H17N5S/c1-2-10(6-16-4-1)20-14-11-3-5-17-15(11)18-7-12(14)13-8-21-9-19-13/h3,5,7-10,16H,1-2,4,6H2,(H2,17,18,20). The molecule has 6 heteroatoms. The van der Waals surface area contributed by atoms with E-state index in [1.165, 1.54) is 12.8 Å². The molecule has 1 saturated heterocycles. The first-order valence-corrected chi connectivity index (χ1v) is 8.18. The van der Waals surface area contributed by atoms with Gasteiger partial charge in [0.2, 0.25) is 0 Å². The van der Waals surface area contributed by atoms with Crippen LogP contribution in [0.2, 0.25) is 0 Å². The van der Waals surface area contributed by atoms with Gasteiger partial charge in [-0.15, -0.1) is 11.3 Å². The molecule has 0 bridgehead atoms. The fraction of sp³-hybridized carbons (Fsp3) is 0.333. The number of hydrogen-bond donors (Lipinski definition) is 3. The van der Waals surface area contributed by atoms with Gasteiger partial charge < -0.3 is 15.6 Å². The van der Waals surface area contributed by atoms with Crippen molar-refractivity contribution in [2.45, 2.75) is 18.9 Å². The number of nitrogens with one attached hydrogen (secondary N) is 3. The number of aromatic nitrogens is 3. The number of piperidine rings is 1. The highest BCUT2D eigenvalue weighted by atomic mass is 32.1. The summed E-state index contributed by atoms with van der Waals surface area (Å²) in [5.74, 6) is 0. The molecular formula is C15H17N5S. The molecule has 4 rings (SSSR count). The van der Waals surface area contributed by atoms with Crippen LogP contribution in [0.15, 0.2) is 29.4 Å². The molecule has 0 aromatic carbocycles. The Labute approximate surface area is 126 Å². The summed E-state index contributed by atoms with van der Waals surface area (Å²) in [5.41, 5.74) is 5.99. The minimum atomic E-state index is 0.455. The van der Waals surface area contributed by atoms with Gasteiger partial charge in [0.1, 0.15) is 5.65 Å². The third-order valence-electron chi connectivity index (χ3n) is 3.94.